The zero-order chi connectivity index (χ0) is 19.1. The van der Waals surface area contributed by atoms with Gasteiger partial charge >= 0.3 is 0 Å². The van der Waals surface area contributed by atoms with E-state index in [1.54, 1.807) is 29.8 Å². The lowest BCUT2D eigenvalue weighted by molar-refractivity contribution is -0.115. The number of fused-ring (bicyclic) bond motifs is 1. The van der Waals surface area contributed by atoms with E-state index >= 15 is 0 Å². The number of hydrogen-bond donors (Lipinski definition) is 1. The molecule has 0 bridgehead atoms. The van der Waals surface area contributed by atoms with Gasteiger partial charge in [-0.2, -0.15) is 0 Å². The van der Waals surface area contributed by atoms with Crippen LogP contribution in [0.1, 0.15) is 25.3 Å². The predicted molar refractivity (Wildman–Crippen MR) is 107 cm³/mol. The maximum atomic E-state index is 14.6. The molecule has 0 saturated carbocycles. The number of carbonyl (C=O) groups is 1. The molecule has 0 fully saturated rings. The van der Waals surface area contributed by atoms with E-state index in [1.165, 1.54) is 11.3 Å². The monoisotopic (exact) mass is 382 g/mol. The smallest absolute Gasteiger partial charge is 0.228 e. The molecule has 0 unspecified atom stereocenters. The summed E-state index contributed by atoms with van der Waals surface area (Å²) in [5, 5.41) is 2.80. The van der Waals surface area contributed by atoms with E-state index in [9.17, 15) is 9.18 Å². The summed E-state index contributed by atoms with van der Waals surface area (Å²) in [5.41, 5.74) is 3.60. The molecule has 0 radical (unpaired) electrons. The van der Waals surface area contributed by atoms with Gasteiger partial charge in [0, 0.05) is 24.1 Å². The van der Waals surface area contributed by atoms with E-state index in [4.69, 9.17) is 4.74 Å². The molecule has 0 saturated heterocycles. The van der Waals surface area contributed by atoms with E-state index in [0.717, 1.165) is 16.6 Å². The van der Waals surface area contributed by atoms with Crippen LogP contribution in [0.25, 0.3) is 10.2 Å². The van der Waals surface area contributed by atoms with Crippen LogP contribution in [0.4, 0.5) is 10.1 Å². The highest BCUT2D eigenvalue weighted by Gasteiger charge is 2.13. The summed E-state index contributed by atoms with van der Waals surface area (Å²) in [7, 11) is 0. The Labute approximate surface area is 161 Å². The Hall–Kier alpha value is -2.91. The van der Waals surface area contributed by atoms with Crippen LogP contribution in [0.2, 0.25) is 0 Å². The zero-order valence-electron chi connectivity index (χ0n) is 14.9. The Bertz CT molecular complexity index is 1000. The molecule has 0 aliphatic heterocycles. The number of nitrogens with zero attached hydrogens (tertiary/aromatic N) is 1. The summed E-state index contributed by atoms with van der Waals surface area (Å²) < 4.78 is 21.0. The van der Waals surface area contributed by atoms with Gasteiger partial charge in [-0.1, -0.05) is 25.0 Å². The Morgan fingerprint density at radius 3 is 3.04 bits per heavy atom. The fourth-order valence-electron chi connectivity index (χ4n) is 2.54. The molecule has 2 aromatic carbocycles. The van der Waals surface area contributed by atoms with Crippen LogP contribution >= 0.6 is 11.3 Å². The number of rotatable bonds is 6. The predicted octanol–water partition coefficient (Wildman–Crippen LogP) is 4.80. The fourth-order valence-corrected chi connectivity index (χ4v) is 3.26. The summed E-state index contributed by atoms with van der Waals surface area (Å²) in [5.74, 6) is 5.23. The van der Waals surface area contributed by atoms with Crippen LogP contribution in [0.3, 0.4) is 0 Å². The molecule has 0 spiro atoms. The molecule has 27 heavy (non-hydrogen) atoms. The van der Waals surface area contributed by atoms with Gasteiger partial charge in [-0.25, -0.2) is 9.37 Å². The van der Waals surface area contributed by atoms with Crippen LogP contribution in [-0.2, 0) is 11.2 Å². The summed E-state index contributed by atoms with van der Waals surface area (Å²) in [6, 6.07) is 10.3. The van der Waals surface area contributed by atoms with Crippen molar-refractivity contribution in [2.45, 2.75) is 26.2 Å². The third-order valence-corrected chi connectivity index (χ3v) is 4.59. The molecule has 0 aliphatic carbocycles. The molecule has 4 nitrogen and oxygen atoms in total. The first-order valence-corrected chi connectivity index (χ1v) is 9.54. The van der Waals surface area contributed by atoms with Crippen molar-refractivity contribution in [3.05, 3.63) is 53.3 Å². The van der Waals surface area contributed by atoms with Crippen molar-refractivity contribution in [2.75, 3.05) is 11.9 Å². The first-order valence-electron chi connectivity index (χ1n) is 8.66. The van der Waals surface area contributed by atoms with E-state index in [-0.39, 0.29) is 18.1 Å². The minimum atomic E-state index is -0.506. The molecule has 1 amide bonds. The van der Waals surface area contributed by atoms with Crippen LogP contribution in [0.5, 0.6) is 5.75 Å². The number of ether oxygens (including phenoxy) is 1. The Morgan fingerprint density at radius 1 is 1.30 bits per heavy atom. The zero-order valence-corrected chi connectivity index (χ0v) is 15.7. The molecule has 1 heterocycles. The second kappa shape index (κ2) is 9.15. The Morgan fingerprint density at radius 2 is 2.19 bits per heavy atom. The van der Waals surface area contributed by atoms with Crippen molar-refractivity contribution in [2.24, 2.45) is 0 Å². The van der Waals surface area contributed by atoms with Crippen LogP contribution < -0.4 is 10.1 Å². The maximum absolute atomic E-state index is 14.6. The number of anilines is 1. The van der Waals surface area contributed by atoms with Crippen molar-refractivity contribution < 1.29 is 13.9 Å². The summed E-state index contributed by atoms with van der Waals surface area (Å²) in [6.07, 6.45) is 1.26. The molecule has 3 aromatic rings. The lowest BCUT2D eigenvalue weighted by atomic mass is 10.1. The quantitative estimate of drug-likeness (QED) is 0.492. The molecular weight excluding hydrogens is 363 g/mol. The number of halogens is 1. The second-order valence-electron chi connectivity index (χ2n) is 5.79. The summed E-state index contributed by atoms with van der Waals surface area (Å²) in [6.45, 7) is 2.28. The third-order valence-electron chi connectivity index (χ3n) is 3.80. The summed E-state index contributed by atoms with van der Waals surface area (Å²) >= 11 is 1.50. The van der Waals surface area contributed by atoms with Gasteiger partial charge in [0.05, 0.1) is 28.8 Å². The van der Waals surface area contributed by atoms with Gasteiger partial charge in [-0.05, 0) is 24.3 Å². The number of hydrogen-bond acceptors (Lipinski definition) is 4. The molecule has 138 valence electrons. The van der Waals surface area contributed by atoms with Crippen molar-refractivity contribution >= 4 is 33.1 Å². The van der Waals surface area contributed by atoms with E-state index in [0.29, 0.717) is 24.3 Å². The minimum absolute atomic E-state index is 0.0700. The SMILES string of the molecule is CCC#CCCOc1cccc(CC(=O)Nc2ccc3ncsc3c2)c1F. The van der Waals surface area contributed by atoms with E-state index in [1.807, 2.05) is 19.1 Å². The molecule has 3 rings (SSSR count). The topological polar surface area (TPSA) is 51.2 Å². The van der Waals surface area contributed by atoms with Gasteiger partial charge in [0.1, 0.15) is 0 Å². The van der Waals surface area contributed by atoms with Crippen molar-refractivity contribution in [1.82, 2.24) is 4.98 Å². The molecule has 6 heteroatoms. The van der Waals surface area contributed by atoms with Gasteiger partial charge in [-0.3, -0.25) is 4.79 Å². The van der Waals surface area contributed by atoms with Crippen molar-refractivity contribution in [3.63, 3.8) is 0 Å². The Kier molecular flexibility index (Phi) is 6.39. The number of thiazole rings is 1. The average Bonchev–Trinajstić information content (AvgIpc) is 3.12. The fraction of sp³-hybridized carbons (Fsp3) is 0.238. The van der Waals surface area contributed by atoms with Gasteiger partial charge in [0.15, 0.2) is 11.6 Å². The van der Waals surface area contributed by atoms with Crippen LogP contribution in [-0.4, -0.2) is 17.5 Å². The lowest BCUT2D eigenvalue weighted by Crippen LogP contribution is -2.15. The molecule has 0 aliphatic rings. The molecule has 1 N–H and O–H groups in total. The number of benzene rings is 2. The number of carbonyl (C=O) groups excluding carboxylic acids is 1. The number of amides is 1. The molecule has 0 atom stereocenters. The highest BCUT2D eigenvalue weighted by Crippen LogP contribution is 2.23. The normalized spacial score (nSPS) is 10.3. The molecule has 1 aromatic heterocycles. The first kappa shape index (κ1) is 18.9. The lowest BCUT2D eigenvalue weighted by Gasteiger charge is -2.10. The van der Waals surface area contributed by atoms with Gasteiger partial charge in [-0.15, -0.1) is 17.3 Å². The summed E-state index contributed by atoms with van der Waals surface area (Å²) in [4.78, 5) is 16.5. The Balaban J connectivity index is 1.62. The largest absolute Gasteiger partial charge is 0.490 e. The van der Waals surface area contributed by atoms with Gasteiger partial charge in [0.25, 0.3) is 0 Å². The second-order valence-corrected chi connectivity index (χ2v) is 6.68. The van der Waals surface area contributed by atoms with Crippen LogP contribution in [0, 0.1) is 17.7 Å². The highest BCUT2D eigenvalue weighted by molar-refractivity contribution is 7.16. The number of nitrogens with one attached hydrogen (secondary N) is 1. The first-order chi connectivity index (χ1) is 13.2. The van der Waals surface area contributed by atoms with Crippen molar-refractivity contribution in [3.8, 4) is 17.6 Å². The van der Waals surface area contributed by atoms with E-state index in [2.05, 4.69) is 22.1 Å². The standard InChI is InChI=1S/C21H19FN2O2S/c1-2-3-4-5-11-26-18-8-6-7-15(21(18)22)12-20(25)24-16-9-10-17-19(13-16)27-14-23-17/h6-10,13-14H,2,5,11-12H2,1H3,(H,24,25). The minimum Gasteiger partial charge on any atom is -0.490 e. The van der Waals surface area contributed by atoms with Crippen LogP contribution in [0.15, 0.2) is 41.9 Å². The average molecular weight is 382 g/mol. The van der Waals surface area contributed by atoms with Crippen molar-refractivity contribution in [1.29, 1.82) is 0 Å². The van der Waals surface area contributed by atoms with Gasteiger partial charge in [0.2, 0.25) is 5.91 Å². The number of aromatic nitrogens is 1. The highest BCUT2D eigenvalue weighted by atomic mass is 32.1. The maximum Gasteiger partial charge on any atom is 0.228 e. The molecular formula is C21H19FN2O2S. The van der Waals surface area contributed by atoms with Gasteiger partial charge < -0.3 is 10.1 Å². The van der Waals surface area contributed by atoms with E-state index < -0.39 is 5.82 Å². The third kappa shape index (κ3) is 5.05.